The van der Waals surface area contributed by atoms with Gasteiger partial charge in [0.2, 0.25) is 0 Å². The van der Waals surface area contributed by atoms with Crippen LogP contribution >= 0.6 is 12.2 Å². The number of hydrogen-bond donors (Lipinski definition) is 0. The first-order chi connectivity index (χ1) is 5.34. The van der Waals surface area contributed by atoms with Crippen LogP contribution in [-0.4, -0.2) is 23.9 Å². The molecule has 1 saturated heterocycles. The fraction of sp³-hybridized carbons (Fsp3) is 0.875. The van der Waals surface area contributed by atoms with Crippen LogP contribution < -0.4 is 0 Å². The Hall–Kier alpha value is -0.240. The van der Waals surface area contributed by atoms with E-state index in [0.717, 1.165) is 13.0 Å². The molecule has 1 aliphatic rings. The third kappa shape index (κ3) is 2.70. The van der Waals surface area contributed by atoms with Crippen LogP contribution in [0, 0.1) is 0 Å². The van der Waals surface area contributed by atoms with Gasteiger partial charge in [-0.3, -0.25) is 0 Å². The van der Waals surface area contributed by atoms with Crippen molar-refractivity contribution in [1.29, 1.82) is 0 Å². The van der Waals surface area contributed by atoms with Crippen molar-refractivity contribution in [2.24, 2.45) is 4.99 Å². The predicted molar refractivity (Wildman–Crippen MR) is 48.1 cm³/mol. The lowest BCUT2D eigenvalue weighted by molar-refractivity contribution is 0.00469. The van der Waals surface area contributed by atoms with E-state index in [1.54, 1.807) is 0 Å². The Morgan fingerprint density at radius 3 is 3.00 bits per heavy atom. The summed E-state index contributed by atoms with van der Waals surface area (Å²) in [4.78, 5) is 3.99. The highest BCUT2D eigenvalue weighted by atomic mass is 32.1. The SMILES string of the molecule is C[C@H](N=C=S)C1CCCCO1. The summed E-state index contributed by atoms with van der Waals surface area (Å²) in [7, 11) is 0. The van der Waals surface area contributed by atoms with Crippen LogP contribution in [0.1, 0.15) is 26.2 Å². The normalized spacial score (nSPS) is 27.2. The number of ether oxygens (including phenoxy) is 1. The molecule has 0 spiro atoms. The number of nitrogens with zero attached hydrogens (tertiary/aromatic N) is 1. The van der Waals surface area contributed by atoms with E-state index in [4.69, 9.17) is 4.74 Å². The van der Waals surface area contributed by atoms with Crippen LogP contribution in [0.2, 0.25) is 0 Å². The second kappa shape index (κ2) is 4.60. The fourth-order valence-electron chi connectivity index (χ4n) is 1.31. The molecule has 0 saturated carbocycles. The largest absolute Gasteiger partial charge is 0.376 e. The average molecular weight is 171 g/mol. The number of thiocarbonyl (C=S) groups is 1. The Morgan fingerprint density at radius 1 is 1.64 bits per heavy atom. The van der Waals surface area contributed by atoms with Gasteiger partial charge in [0, 0.05) is 6.61 Å². The maximum Gasteiger partial charge on any atom is 0.0836 e. The van der Waals surface area contributed by atoms with Gasteiger partial charge in [-0.15, -0.1) is 0 Å². The highest BCUT2D eigenvalue weighted by molar-refractivity contribution is 7.78. The first-order valence-electron chi connectivity index (χ1n) is 4.03. The van der Waals surface area contributed by atoms with Gasteiger partial charge in [0.05, 0.1) is 17.3 Å². The molecule has 1 unspecified atom stereocenters. The summed E-state index contributed by atoms with van der Waals surface area (Å²) in [6.45, 7) is 2.90. The minimum Gasteiger partial charge on any atom is -0.376 e. The second-order valence-electron chi connectivity index (χ2n) is 2.87. The van der Waals surface area contributed by atoms with Gasteiger partial charge in [-0.05, 0) is 38.4 Å². The summed E-state index contributed by atoms with van der Waals surface area (Å²) >= 11 is 4.53. The van der Waals surface area contributed by atoms with Crippen molar-refractivity contribution in [2.75, 3.05) is 6.61 Å². The van der Waals surface area contributed by atoms with Gasteiger partial charge in [-0.25, -0.2) is 4.99 Å². The zero-order valence-corrected chi connectivity index (χ0v) is 7.56. The van der Waals surface area contributed by atoms with Crippen molar-refractivity contribution < 1.29 is 4.74 Å². The van der Waals surface area contributed by atoms with Gasteiger partial charge < -0.3 is 4.74 Å². The van der Waals surface area contributed by atoms with E-state index in [-0.39, 0.29) is 12.1 Å². The topological polar surface area (TPSA) is 21.6 Å². The summed E-state index contributed by atoms with van der Waals surface area (Å²) in [5, 5.41) is 2.39. The molecule has 0 N–H and O–H groups in total. The van der Waals surface area contributed by atoms with Crippen LogP contribution in [0.5, 0.6) is 0 Å². The molecule has 0 amide bonds. The first-order valence-corrected chi connectivity index (χ1v) is 4.44. The molecule has 0 aromatic rings. The highest BCUT2D eigenvalue weighted by Gasteiger charge is 2.19. The van der Waals surface area contributed by atoms with E-state index in [2.05, 4.69) is 22.4 Å². The molecule has 62 valence electrons. The molecule has 0 aromatic carbocycles. The third-order valence-corrected chi connectivity index (χ3v) is 2.11. The van der Waals surface area contributed by atoms with Gasteiger partial charge in [-0.2, -0.15) is 0 Å². The summed E-state index contributed by atoms with van der Waals surface area (Å²) in [6.07, 6.45) is 3.83. The smallest absolute Gasteiger partial charge is 0.0836 e. The molecule has 0 bridgehead atoms. The number of rotatable bonds is 2. The molecule has 1 rings (SSSR count). The highest BCUT2D eigenvalue weighted by Crippen LogP contribution is 2.16. The quantitative estimate of drug-likeness (QED) is 0.468. The van der Waals surface area contributed by atoms with Gasteiger partial charge in [0.25, 0.3) is 0 Å². The zero-order valence-electron chi connectivity index (χ0n) is 6.75. The second-order valence-corrected chi connectivity index (χ2v) is 3.05. The molecule has 0 aliphatic carbocycles. The van der Waals surface area contributed by atoms with Crippen molar-refractivity contribution in [3.63, 3.8) is 0 Å². The lowest BCUT2D eigenvalue weighted by Gasteiger charge is -2.24. The minimum absolute atomic E-state index is 0.188. The van der Waals surface area contributed by atoms with Crippen molar-refractivity contribution in [2.45, 2.75) is 38.3 Å². The standard InChI is InChI=1S/C8H13NOS/c1-7(9-6-11)8-4-2-3-5-10-8/h7-8H,2-5H2,1H3/t7-,8?/m0/s1. The van der Waals surface area contributed by atoms with Crippen LogP contribution in [0.3, 0.4) is 0 Å². The molecule has 2 atom stereocenters. The van der Waals surface area contributed by atoms with Crippen LogP contribution in [0.15, 0.2) is 4.99 Å². The van der Waals surface area contributed by atoms with E-state index >= 15 is 0 Å². The summed E-state index contributed by atoms with van der Waals surface area (Å²) in [5.41, 5.74) is 0. The van der Waals surface area contributed by atoms with E-state index in [9.17, 15) is 0 Å². The Labute approximate surface area is 72.7 Å². The molecule has 3 heteroatoms. The Bertz CT molecular complexity index is 159. The number of aliphatic imine (C=N–C) groups is 1. The zero-order chi connectivity index (χ0) is 8.10. The third-order valence-electron chi connectivity index (χ3n) is 2.01. The van der Waals surface area contributed by atoms with E-state index in [1.165, 1.54) is 12.8 Å². The monoisotopic (exact) mass is 171 g/mol. The molecular weight excluding hydrogens is 158 g/mol. The minimum atomic E-state index is 0.188. The lowest BCUT2D eigenvalue weighted by atomic mass is 10.0. The van der Waals surface area contributed by atoms with E-state index < -0.39 is 0 Å². The van der Waals surface area contributed by atoms with E-state index in [0.29, 0.717) is 0 Å². The molecule has 2 nitrogen and oxygen atoms in total. The molecular formula is C8H13NOS. The molecule has 0 radical (unpaired) electrons. The Balaban J connectivity index is 2.38. The summed E-state index contributed by atoms with van der Waals surface area (Å²) in [5.74, 6) is 0. The van der Waals surface area contributed by atoms with Crippen molar-refractivity contribution in [1.82, 2.24) is 0 Å². The van der Waals surface area contributed by atoms with Crippen LogP contribution in [0.25, 0.3) is 0 Å². The maximum absolute atomic E-state index is 5.51. The van der Waals surface area contributed by atoms with E-state index in [1.807, 2.05) is 6.92 Å². The fourth-order valence-corrected chi connectivity index (χ4v) is 1.48. The van der Waals surface area contributed by atoms with Crippen molar-refractivity contribution in [3.05, 3.63) is 0 Å². The lowest BCUT2D eigenvalue weighted by Crippen LogP contribution is -2.28. The maximum atomic E-state index is 5.51. The Kier molecular flexibility index (Phi) is 3.70. The van der Waals surface area contributed by atoms with Gasteiger partial charge in [0.15, 0.2) is 0 Å². The number of isothiocyanates is 1. The van der Waals surface area contributed by atoms with Crippen LogP contribution in [-0.2, 0) is 4.74 Å². The summed E-state index contributed by atoms with van der Waals surface area (Å²) < 4.78 is 5.51. The van der Waals surface area contributed by atoms with Crippen molar-refractivity contribution in [3.8, 4) is 0 Å². The van der Waals surface area contributed by atoms with Crippen LogP contribution in [0.4, 0.5) is 0 Å². The molecule has 1 fully saturated rings. The van der Waals surface area contributed by atoms with Crippen molar-refractivity contribution >= 4 is 17.4 Å². The molecule has 11 heavy (non-hydrogen) atoms. The molecule has 1 aliphatic heterocycles. The Morgan fingerprint density at radius 2 is 2.45 bits per heavy atom. The number of hydrogen-bond acceptors (Lipinski definition) is 3. The average Bonchev–Trinajstić information content (AvgIpc) is 2.07. The van der Waals surface area contributed by atoms with Gasteiger partial charge >= 0.3 is 0 Å². The first kappa shape index (κ1) is 8.85. The molecule has 1 heterocycles. The molecule has 0 aromatic heterocycles. The predicted octanol–water partition coefficient (Wildman–Crippen LogP) is 2.05. The van der Waals surface area contributed by atoms with Gasteiger partial charge in [-0.1, -0.05) is 0 Å². The summed E-state index contributed by atoms with van der Waals surface area (Å²) in [6, 6.07) is 0.188. The van der Waals surface area contributed by atoms with Gasteiger partial charge in [0.1, 0.15) is 0 Å².